The molecule has 16 heavy (non-hydrogen) atoms. The average molecular weight is 214 g/mol. The van der Waals surface area contributed by atoms with Gasteiger partial charge in [-0.1, -0.05) is 12.1 Å². The van der Waals surface area contributed by atoms with Gasteiger partial charge in [0.1, 0.15) is 11.5 Å². The molecule has 3 heteroatoms. The number of aryl methyl sites for hydroxylation is 1. The van der Waals surface area contributed by atoms with Gasteiger partial charge < -0.3 is 10.5 Å². The molecule has 0 aliphatic rings. The Morgan fingerprint density at radius 2 is 2.00 bits per heavy atom. The monoisotopic (exact) mass is 214 g/mol. The van der Waals surface area contributed by atoms with E-state index in [1.54, 1.807) is 6.20 Å². The summed E-state index contributed by atoms with van der Waals surface area (Å²) >= 11 is 0. The van der Waals surface area contributed by atoms with E-state index in [1.165, 1.54) is 5.56 Å². The van der Waals surface area contributed by atoms with Gasteiger partial charge >= 0.3 is 0 Å². The molecule has 2 aromatic rings. The third-order valence-corrected chi connectivity index (χ3v) is 2.22. The van der Waals surface area contributed by atoms with Crippen LogP contribution in [0, 0.1) is 6.92 Å². The Morgan fingerprint density at radius 3 is 2.75 bits per heavy atom. The SMILES string of the molecule is Cc1cccc(Oc2ccnc(CN)c2)c1. The van der Waals surface area contributed by atoms with Gasteiger partial charge in [-0.15, -0.1) is 0 Å². The molecule has 0 saturated heterocycles. The molecule has 3 nitrogen and oxygen atoms in total. The summed E-state index contributed by atoms with van der Waals surface area (Å²) in [6, 6.07) is 11.6. The lowest BCUT2D eigenvalue weighted by molar-refractivity contribution is 0.480. The Hall–Kier alpha value is -1.87. The number of nitrogens with two attached hydrogens (primary N) is 1. The molecule has 1 heterocycles. The molecular weight excluding hydrogens is 200 g/mol. The third-order valence-electron chi connectivity index (χ3n) is 2.22. The fraction of sp³-hybridized carbons (Fsp3) is 0.154. The number of ether oxygens (including phenoxy) is 1. The van der Waals surface area contributed by atoms with Gasteiger partial charge in [0.15, 0.2) is 0 Å². The zero-order valence-corrected chi connectivity index (χ0v) is 9.18. The standard InChI is InChI=1S/C13H14N2O/c1-10-3-2-4-12(7-10)16-13-5-6-15-11(8-13)9-14/h2-8H,9,14H2,1H3. The summed E-state index contributed by atoms with van der Waals surface area (Å²) in [5.41, 5.74) is 7.51. The predicted molar refractivity (Wildman–Crippen MR) is 63.4 cm³/mol. The van der Waals surface area contributed by atoms with Crippen LogP contribution in [0.25, 0.3) is 0 Å². The first-order valence-corrected chi connectivity index (χ1v) is 5.17. The average Bonchev–Trinajstić information content (AvgIpc) is 2.29. The second-order valence-corrected chi connectivity index (χ2v) is 3.61. The van der Waals surface area contributed by atoms with Crippen molar-refractivity contribution in [3.8, 4) is 11.5 Å². The van der Waals surface area contributed by atoms with Crippen LogP contribution >= 0.6 is 0 Å². The molecule has 0 aliphatic carbocycles. The van der Waals surface area contributed by atoms with E-state index in [9.17, 15) is 0 Å². The maximum absolute atomic E-state index is 5.71. The molecule has 0 aliphatic heterocycles. The Morgan fingerprint density at radius 1 is 1.19 bits per heavy atom. The Labute approximate surface area is 94.9 Å². The number of aromatic nitrogens is 1. The lowest BCUT2D eigenvalue weighted by Gasteiger charge is -2.06. The van der Waals surface area contributed by atoms with Gasteiger partial charge in [-0.05, 0) is 30.7 Å². The number of nitrogens with zero attached hydrogens (tertiary/aromatic N) is 1. The van der Waals surface area contributed by atoms with Crippen molar-refractivity contribution < 1.29 is 4.74 Å². The normalized spacial score (nSPS) is 10.1. The molecule has 0 atom stereocenters. The summed E-state index contributed by atoms with van der Waals surface area (Å²) in [6.45, 7) is 2.45. The molecule has 1 aromatic heterocycles. The summed E-state index contributed by atoms with van der Waals surface area (Å²) in [5, 5.41) is 0. The minimum absolute atomic E-state index is 0.422. The van der Waals surface area contributed by atoms with Gasteiger partial charge in [-0.3, -0.25) is 4.98 Å². The largest absolute Gasteiger partial charge is 0.457 e. The van der Waals surface area contributed by atoms with Gasteiger partial charge in [-0.25, -0.2) is 0 Å². The fourth-order valence-electron chi connectivity index (χ4n) is 1.45. The van der Waals surface area contributed by atoms with Gasteiger partial charge in [0, 0.05) is 18.8 Å². The minimum Gasteiger partial charge on any atom is -0.457 e. The van der Waals surface area contributed by atoms with E-state index in [0.717, 1.165) is 17.2 Å². The van der Waals surface area contributed by atoms with E-state index >= 15 is 0 Å². The van der Waals surface area contributed by atoms with Crippen molar-refractivity contribution in [1.29, 1.82) is 0 Å². The molecular formula is C13H14N2O. The Balaban J connectivity index is 2.20. The Bertz CT molecular complexity index is 483. The first-order valence-electron chi connectivity index (χ1n) is 5.17. The Kier molecular flexibility index (Phi) is 3.17. The zero-order valence-electron chi connectivity index (χ0n) is 9.18. The molecule has 2 N–H and O–H groups in total. The van der Waals surface area contributed by atoms with E-state index in [0.29, 0.717) is 6.54 Å². The van der Waals surface area contributed by atoms with Gasteiger partial charge in [-0.2, -0.15) is 0 Å². The van der Waals surface area contributed by atoms with Crippen LogP contribution in [0.4, 0.5) is 0 Å². The van der Waals surface area contributed by atoms with Crippen LogP contribution in [-0.4, -0.2) is 4.98 Å². The summed E-state index contributed by atoms with van der Waals surface area (Å²) in [4.78, 5) is 4.11. The molecule has 82 valence electrons. The van der Waals surface area contributed by atoms with Crippen molar-refractivity contribution in [3.05, 3.63) is 53.9 Å². The lowest BCUT2D eigenvalue weighted by atomic mass is 10.2. The number of hydrogen-bond donors (Lipinski definition) is 1. The second-order valence-electron chi connectivity index (χ2n) is 3.61. The van der Waals surface area contributed by atoms with Crippen LogP contribution in [0.2, 0.25) is 0 Å². The predicted octanol–water partition coefficient (Wildman–Crippen LogP) is 2.64. The van der Waals surface area contributed by atoms with E-state index in [4.69, 9.17) is 10.5 Å². The van der Waals surface area contributed by atoms with Crippen LogP contribution in [0.1, 0.15) is 11.3 Å². The summed E-state index contributed by atoms with van der Waals surface area (Å²) < 4.78 is 5.71. The number of rotatable bonds is 3. The molecule has 0 fully saturated rings. The van der Waals surface area contributed by atoms with Gasteiger partial charge in [0.2, 0.25) is 0 Å². The summed E-state index contributed by atoms with van der Waals surface area (Å²) in [5.74, 6) is 1.59. The smallest absolute Gasteiger partial charge is 0.130 e. The zero-order chi connectivity index (χ0) is 11.4. The first kappa shape index (κ1) is 10.6. The van der Waals surface area contributed by atoms with Crippen molar-refractivity contribution >= 4 is 0 Å². The quantitative estimate of drug-likeness (QED) is 0.854. The number of hydrogen-bond acceptors (Lipinski definition) is 3. The fourth-order valence-corrected chi connectivity index (χ4v) is 1.45. The van der Waals surface area contributed by atoms with Crippen molar-refractivity contribution in [2.45, 2.75) is 13.5 Å². The number of pyridine rings is 1. The maximum Gasteiger partial charge on any atom is 0.130 e. The minimum atomic E-state index is 0.422. The highest BCUT2D eigenvalue weighted by Gasteiger charge is 1.99. The van der Waals surface area contributed by atoms with Crippen LogP contribution in [0.15, 0.2) is 42.6 Å². The molecule has 2 rings (SSSR count). The molecule has 0 radical (unpaired) electrons. The first-order chi connectivity index (χ1) is 7.78. The van der Waals surface area contributed by atoms with Crippen molar-refractivity contribution in [2.24, 2.45) is 5.73 Å². The third kappa shape index (κ3) is 2.58. The van der Waals surface area contributed by atoms with Crippen LogP contribution in [0.5, 0.6) is 11.5 Å². The number of benzene rings is 1. The summed E-state index contributed by atoms with van der Waals surface area (Å²) in [7, 11) is 0. The van der Waals surface area contributed by atoms with Crippen LogP contribution in [0.3, 0.4) is 0 Å². The van der Waals surface area contributed by atoms with Crippen molar-refractivity contribution in [3.63, 3.8) is 0 Å². The second kappa shape index (κ2) is 4.77. The molecule has 0 spiro atoms. The van der Waals surface area contributed by atoms with E-state index in [-0.39, 0.29) is 0 Å². The van der Waals surface area contributed by atoms with Crippen molar-refractivity contribution in [2.75, 3.05) is 0 Å². The van der Waals surface area contributed by atoms with E-state index < -0.39 is 0 Å². The van der Waals surface area contributed by atoms with Crippen LogP contribution in [-0.2, 0) is 6.54 Å². The van der Waals surface area contributed by atoms with Gasteiger partial charge in [0.25, 0.3) is 0 Å². The molecule has 0 unspecified atom stereocenters. The summed E-state index contributed by atoms with van der Waals surface area (Å²) in [6.07, 6.45) is 1.70. The highest BCUT2D eigenvalue weighted by molar-refractivity contribution is 5.33. The van der Waals surface area contributed by atoms with E-state index in [2.05, 4.69) is 4.98 Å². The molecule has 0 bridgehead atoms. The molecule has 0 amide bonds. The van der Waals surface area contributed by atoms with Gasteiger partial charge in [0.05, 0.1) is 5.69 Å². The molecule has 0 saturated carbocycles. The van der Waals surface area contributed by atoms with Crippen molar-refractivity contribution in [1.82, 2.24) is 4.98 Å². The highest BCUT2D eigenvalue weighted by atomic mass is 16.5. The molecule has 1 aromatic carbocycles. The van der Waals surface area contributed by atoms with E-state index in [1.807, 2.05) is 43.3 Å². The highest BCUT2D eigenvalue weighted by Crippen LogP contribution is 2.21. The lowest BCUT2D eigenvalue weighted by Crippen LogP contribution is -1.99. The maximum atomic E-state index is 5.71. The van der Waals surface area contributed by atoms with Crippen LogP contribution < -0.4 is 10.5 Å². The topological polar surface area (TPSA) is 48.1 Å².